The molecule has 0 aliphatic heterocycles. The molecule has 1 unspecified atom stereocenters. The third-order valence-corrected chi connectivity index (χ3v) is 5.79. The normalized spacial score (nSPS) is 12.3. The van der Waals surface area contributed by atoms with Gasteiger partial charge in [0.25, 0.3) is 5.56 Å². The van der Waals surface area contributed by atoms with E-state index >= 15 is 0 Å². The summed E-state index contributed by atoms with van der Waals surface area (Å²) in [5.41, 5.74) is 2.59. The third kappa shape index (κ3) is 2.96. The molecule has 0 aliphatic carbocycles. The molecule has 0 bridgehead atoms. The number of nitriles is 1. The largest absolute Gasteiger partial charge is 0.268 e. The summed E-state index contributed by atoms with van der Waals surface area (Å²) in [6, 6.07) is 17.5. The first kappa shape index (κ1) is 18.3. The summed E-state index contributed by atoms with van der Waals surface area (Å²) in [5, 5.41) is 18.6. The molecule has 0 radical (unpaired) electrons. The molecular weight excluding hydrogens is 370 g/mol. The van der Waals surface area contributed by atoms with Crippen molar-refractivity contribution in [2.24, 2.45) is 0 Å². The van der Waals surface area contributed by atoms with Crippen molar-refractivity contribution in [3.8, 4) is 11.8 Å². The van der Waals surface area contributed by atoms with Crippen molar-refractivity contribution in [1.29, 1.82) is 5.26 Å². The van der Waals surface area contributed by atoms with Crippen LogP contribution in [0, 0.1) is 11.3 Å². The number of aromatic nitrogens is 4. The summed E-state index contributed by atoms with van der Waals surface area (Å²) < 4.78 is 3.44. The molecule has 0 aliphatic rings. The maximum absolute atomic E-state index is 13.3. The van der Waals surface area contributed by atoms with Gasteiger partial charge in [-0.05, 0) is 42.2 Å². The van der Waals surface area contributed by atoms with Gasteiger partial charge >= 0.3 is 0 Å². The molecule has 4 rings (SSSR count). The average Bonchev–Trinajstić information content (AvgIpc) is 3.16. The molecule has 4 aromatic rings. The fraction of sp³-hybridized carbons (Fsp3) is 0.238. The quantitative estimate of drug-likeness (QED) is 0.479. The lowest BCUT2D eigenvalue weighted by molar-refractivity contribution is 0.733. The minimum atomic E-state index is -0.136. The Hall–Kier alpha value is -3.11. The maximum atomic E-state index is 13.3. The van der Waals surface area contributed by atoms with Gasteiger partial charge in [-0.2, -0.15) is 5.26 Å². The highest BCUT2D eigenvalue weighted by Gasteiger charge is 2.18. The zero-order valence-electron chi connectivity index (χ0n) is 15.7. The molecule has 0 amide bonds. The van der Waals surface area contributed by atoms with E-state index in [1.165, 1.54) is 17.3 Å². The van der Waals surface area contributed by atoms with E-state index in [0.29, 0.717) is 22.2 Å². The zero-order chi connectivity index (χ0) is 19.7. The fourth-order valence-electron chi connectivity index (χ4n) is 3.29. The summed E-state index contributed by atoms with van der Waals surface area (Å²) in [6.07, 6.45) is 1.06. The van der Waals surface area contributed by atoms with Crippen LogP contribution >= 0.6 is 11.8 Å². The van der Waals surface area contributed by atoms with Gasteiger partial charge in [0.1, 0.15) is 0 Å². The van der Waals surface area contributed by atoms with Crippen molar-refractivity contribution in [3.63, 3.8) is 0 Å². The smallest absolute Gasteiger partial charge is 0.267 e. The van der Waals surface area contributed by atoms with E-state index in [4.69, 9.17) is 5.26 Å². The minimum Gasteiger partial charge on any atom is -0.268 e. The van der Waals surface area contributed by atoms with E-state index in [1.807, 2.05) is 34.7 Å². The molecule has 6 nitrogen and oxygen atoms in total. The number of nitrogens with zero attached hydrogens (tertiary/aromatic N) is 5. The highest BCUT2D eigenvalue weighted by molar-refractivity contribution is 7.99. The molecule has 0 saturated carbocycles. The summed E-state index contributed by atoms with van der Waals surface area (Å²) in [5.74, 6) is 1.17. The topological polar surface area (TPSA) is 76.0 Å². The predicted molar refractivity (Wildman–Crippen MR) is 111 cm³/mol. The van der Waals surface area contributed by atoms with E-state index in [2.05, 4.69) is 42.2 Å². The van der Waals surface area contributed by atoms with Gasteiger partial charge in [-0.15, -0.1) is 10.2 Å². The Balaban J connectivity index is 2.00. The van der Waals surface area contributed by atoms with Crippen molar-refractivity contribution >= 4 is 28.4 Å². The second-order valence-electron chi connectivity index (χ2n) is 6.62. The van der Waals surface area contributed by atoms with Gasteiger partial charge in [-0.3, -0.25) is 9.20 Å². The summed E-state index contributed by atoms with van der Waals surface area (Å²) in [7, 11) is 0. The molecule has 28 heavy (non-hydrogen) atoms. The van der Waals surface area contributed by atoms with Gasteiger partial charge in [-0.25, -0.2) is 4.57 Å². The first-order valence-corrected chi connectivity index (χ1v) is 10.1. The Labute approximate surface area is 166 Å². The van der Waals surface area contributed by atoms with E-state index in [9.17, 15) is 4.79 Å². The lowest BCUT2D eigenvalue weighted by atomic mass is 9.98. The molecule has 0 fully saturated rings. The number of hydrogen-bond acceptors (Lipinski definition) is 5. The average molecular weight is 389 g/mol. The van der Waals surface area contributed by atoms with Crippen molar-refractivity contribution in [3.05, 3.63) is 64.4 Å². The van der Waals surface area contributed by atoms with E-state index in [1.54, 1.807) is 10.6 Å². The Morgan fingerprint density at radius 1 is 1.14 bits per heavy atom. The fourth-order valence-corrected chi connectivity index (χ4v) is 3.89. The van der Waals surface area contributed by atoms with Gasteiger partial charge < -0.3 is 0 Å². The highest BCUT2D eigenvalue weighted by atomic mass is 32.2. The molecule has 2 aromatic carbocycles. The Morgan fingerprint density at radius 2 is 1.89 bits per heavy atom. The molecule has 0 N–H and O–H groups in total. The molecule has 140 valence electrons. The Bertz CT molecular complexity index is 1250. The number of thioether (sulfide) groups is 1. The van der Waals surface area contributed by atoms with Crippen molar-refractivity contribution in [2.75, 3.05) is 5.75 Å². The van der Waals surface area contributed by atoms with Crippen LogP contribution in [0.25, 0.3) is 22.4 Å². The molecule has 0 saturated heterocycles. The summed E-state index contributed by atoms with van der Waals surface area (Å²) in [4.78, 5) is 13.3. The number of benzene rings is 2. The van der Waals surface area contributed by atoms with Gasteiger partial charge in [0.05, 0.1) is 28.4 Å². The minimum absolute atomic E-state index is 0.136. The van der Waals surface area contributed by atoms with Gasteiger partial charge in [0, 0.05) is 0 Å². The number of fused-ring (bicyclic) bond motifs is 3. The standard InChI is InChI=1S/C21H19N5OS/c1-3-14(2)15-8-10-16(11-9-15)25-19(27)17-6-4-5-7-18(17)26-20(25)23-24-21(26)28-13-12-22/h4-11,14H,3,13H2,1-2H3. The number of para-hydroxylation sites is 1. The first-order valence-electron chi connectivity index (χ1n) is 9.14. The van der Waals surface area contributed by atoms with Crippen molar-refractivity contribution in [1.82, 2.24) is 19.2 Å². The second kappa shape index (κ2) is 7.49. The lowest BCUT2D eigenvalue weighted by Gasteiger charge is -2.13. The third-order valence-electron chi connectivity index (χ3n) is 4.99. The van der Waals surface area contributed by atoms with Crippen LogP contribution in [0.15, 0.2) is 58.5 Å². The number of rotatable bonds is 5. The molecular formula is C21H19N5OS. The summed E-state index contributed by atoms with van der Waals surface area (Å²) in [6.45, 7) is 4.35. The van der Waals surface area contributed by atoms with E-state index in [-0.39, 0.29) is 11.3 Å². The van der Waals surface area contributed by atoms with Gasteiger partial charge in [0.15, 0.2) is 5.16 Å². The van der Waals surface area contributed by atoms with Crippen molar-refractivity contribution < 1.29 is 0 Å². The summed E-state index contributed by atoms with van der Waals surface area (Å²) >= 11 is 1.30. The van der Waals surface area contributed by atoms with Crippen molar-refractivity contribution in [2.45, 2.75) is 31.3 Å². The van der Waals surface area contributed by atoms with Crippen LogP contribution in [0.4, 0.5) is 0 Å². The van der Waals surface area contributed by atoms with Gasteiger partial charge in [0.2, 0.25) is 5.78 Å². The lowest BCUT2D eigenvalue weighted by Crippen LogP contribution is -2.21. The predicted octanol–water partition coefficient (Wildman–Crippen LogP) is 4.16. The highest BCUT2D eigenvalue weighted by Crippen LogP contribution is 2.24. The van der Waals surface area contributed by atoms with Crippen LogP contribution < -0.4 is 5.56 Å². The molecule has 2 aromatic heterocycles. The number of hydrogen-bond donors (Lipinski definition) is 0. The Morgan fingerprint density at radius 3 is 2.61 bits per heavy atom. The molecule has 1 atom stereocenters. The van der Waals surface area contributed by atoms with Crippen LogP contribution in [-0.4, -0.2) is 24.9 Å². The van der Waals surface area contributed by atoms with E-state index in [0.717, 1.165) is 17.6 Å². The van der Waals surface area contributed by atoms with Crippen LogP contribution in [-0.2, 0) is 0 Å². The van der Waals surface area contributed by atoms with Gasteiger partial charge in [-0.1, -0.05) is 49.9 Å². The van der Waals surface area contributed by atoms with Crippen LogP contribution in [0.2, 0.25) is 0 Å². The molecule has 0 spiro atoms. The Kier molecular flexibility index (Phi) is 4.88. The zero-order valence-corrected chi connectivity index (χ0v) is 16.5. The van der Waals surface area contributed by atoms with E-state index < -0.39 is 0 Å². The van der Waals surface area contributed by atoms with Crippen LogP contribution in [0.3, 0.4) is 0 Å². The first-order chi connectivity index (χ1) is 13.7. The SMILES string of the molecule is CCC(C)c1ccc(-n2c(=O)c3ccccc3n3c(SCC#N)nnc23)cc1. The molecule has 2 heterocycles. The van der Waals surface area contributed by atoms with Crippen LogP contribution in [0.1, 0.15) is 31.7 Å². The molecule has 7 heteroatoms. The second-order valence-corrected chi connectivity index (χ2v) is 7.57. The monoisotopic (exact) mass is 389 g/mol. The van der Waals surface area contributed by atoms with Crippen LogP contribution in [0.5, 0.6) is 0 Å². The maximum Gasteiger partial charge on any atom is 0.267 e.